The Labute approximate surface area is 110 Å². The highest BCUT2D eigenvalue weighted by atomic mass is 16.6. The summed E-state index contributed by atoms with van der Waals surface area (Å²) in [4.78, 5) is 13.9. The van der Waals surface area contributed by atoms with Crippen molar-refractivity contribution in [3.8, 4) is 0 Å². The number of carbonyl (C=O) groups is 1. The smallest absolute Gasteiger partial charge is 0.309 e. The second-order valence-corrected chi connectivity index (χ2v) is 4.98. The summed E-state index contributed by atoms with van der Waals surface area (Å²) in [5.74, 6) is -0.167. The summed E-state index contributed by atoms with van der Waals surface area (Å²) in [6, 6.07) is 0. The molecule has 1 aliphatic rings. The van der Waals surface area contributed by atoms with Crippen molar-refractivity contribution in [2.24, 2.45) is 5.92 Å². The summed E-state index contributed by atoms with van der Waals surface area (Å²) in [6.07, 6.45) is 8.02. The highest BCUT2D eigenvalue weighted by molar-refractivity contribution is 5.71. The lowest BCUT2D eigenvalue weighted by molar-refractivity contribution is -0.164. The summed E-state index contributed by atoms with van der Waals surface area (Å²) in [5.41, 5.74) is 1.36. The maximum atomic E-state index is 11.7. The molecule has 0 saturated carbocycles. The van der Waals surface area contributed by atoms with Gasteiger partial charge in [0.1, 0.15) is 0 Å². The first-order chi connectivity index (χ1) is 8.58. The second kappa shape index (κ2) is 7.37. The Kier molecular flexibility index (Phi) is 6.13. The molecule has 1 atom stereocenters. The van der Waals surface area contributed by atoms with Crippen LogP contribution in [0.2, 0.25) is 0 Å². The van der Waals surface area contributed by atoms with E-state index in [-0.39, 0.29) is 18.1 Å². The van der Waals surface area contributed by atoms with Crippen LogP contribution in [0, 0.1) is 5.92 Å². The summed E-state index contributed by atoms with van der Waals surface area (Å²) in [5, 5.41) is 0. The minimum atomic E-state index is -0.106. The zero-order valence-electron chi connectivity index (χ0n) is 12.0. The fraction of sp³-hybridized carbons (Fsp3) is 0.667. The maximum absolute atomic E-state index is 11.7. The van der Waals surface area contributed by atoms with E-state index in [2.05, 4.69) is 24.0 Å². The van der Waals surface area contributed by atoms with E-state index >= 15 is 0 Å². The van der Waals surface area contributed by atoms with Crippen LogP contribution in [0.5, 0.6) is 0 Å². The number of likely N-dealkylation sites (tertiary alicyclic amines) is 1. The molecule has 3 nitrogen and oxygen atoms in total. The zero-order chi connectivity index (χ0) is 13.5. The van der Waals surface area contributed by atoms with Crippen molar-refractivity contribution in [2.45, 2.75) is 46.8 Å². The van der Waals surface area contributed by atoms with E-state index in [1.54, 1.807) is 0 Å². The molecule has 1 heterocycles. The number of allylic oxidation sites excluding steroid dienone is 3. The van der Waals surface area contributed by atoms with Gasteiger partial charge in [-0.05, 0) is 19.9 Å². The van der Waals surface area contributed by atoms with E-state index in [1.807, 2.05) is 26.8 Å². The summed E-state index contributed by atoms with van der Waals surface area (Å²) < 4.78 is 5.59. The van der Waals surface area contributed by atoms with Gasteiger partial charge in [0.2, 0.25) is 0 Å². The lowest BCUT2D eigenvalue weighted by Crippen LogP contribution is -2.43. The van der Waals surface area contributed by atoms with Gasteiger partial charge in [-0.2, -0.15) is 0 Å². The highest BCUT2D eigenvalue weighted by Crippen LogP contribution is 2.23. The molecule has 1 unspecified atom stereocenters. The normalized spacial score (nSPS) is 24.1. The molecule has 0 aromatic heterocycles. The first kappa shape index (κ1) is 15.0. The summed E-state index contributed by atoms with van der Waals surface area (Å²) in [7, 11) is 0. The van der Waals surface area contributed by atoms with Crippen molar-refractivity contribution in [2.75, 3.05) is 13.1 Å². The molecule has 18 heavy (non-hydrogen) atoms. The molecule has 1 saturated heterocycles. The van der Waals surface area contributed by atoms with E-state index in [1.165, 1.54) is 5.57 Å². The maximum Gasteiger partial charge on any atom is 0.309 e. The number of esters is 1. The van der Waals surface area contributed by atoms with Crippen molar-refractivity contribution in [3.05, 3.63) is 23.8 Å². The number of hydrogen-bond donors (Lipinski definition) is 0. The standard InChI is InChI=1S/C15H25NO2/c1-5-7-8-13-9-10-16(6-2)14(11-13)18-15(17)12(3)4/h5,7-8,12,14H,6,9-11H2,1-4H3/b7-5-,13-8-. The molecule has 0 aliphatic carbocycles. The Balaban J connectivity index is 2.67. The van der Waals surface area contributed by atoms with Crippen LogP contribution in [0.3, 0.4) is 0 Å². The van der Waals surface area contributed by atoms with Crippen LogP contribution >= 0.6 is 0 Å². The predicted octanol–water partition coefficient (Wildman–Crippen LogP) is 3.13. The van der Waals surface area contributed by atoms with Gasteiger partial charge in [-0.3, -0.25) is 9.69 Å². The average molecular weight is 251 g/mol. The first-order valence-electron chi connectivity index (χ1n) is 6.83. The van der Waals surface area contributed by atoms with Gasteiger partial charge in [-0.15, -0.1) is 0 Å². The van der Waals surface area contributed by atoms with Gasteiger partial charge in [-0.1, -0.05) is 44.6 Å². The minimum absolute atomic E-state index is 0.0615. The van der Waals surface area contributed by atoms with Crippen molar-refractivity contribution in [1.29, 1.82) is 0 Å². The largest absolute Gasteiger partial charge is 0.446 e. The number of piperidine rings is 1. The second-order valence-electron chi connectivity index (χ2n) is 4.98. The number of nitrogens with zero attached hydrogens (tertiary/aromatic N) is 1. The van der Waals surface area contributed by atoms with E-state index in [4.69, 9.17) is 4.74 Å². The molecule has 1 fully saturated rings. The third kappa shape index (κ3) is 4.30. The van der Waals surface area contributed by atoms with E-state index < -0.39 is 0 Å². The molecule has 0 bridgehead atoms. The molecule has 1 aliphatic heterocycles. The number of rotatable bonds is 4. The van der Waals surface area contributed by atoms with Crippen molar-refractivity contribution < 1.29 is 9.53 Å². The third-order valence-electron chi connectivity index (χ3n) is 3.22. The van der Waals surface area contributed by atoms with Gasteiger partial charge in [0.25, 0.3) is 0 Å². The molecule has 0 aromatic rings. The molecule has 1 rings (SSSR count). The van der Waals surface area contributed by atoms with Crippen molar-refractivity contribution in [1.82, 2.24) is 4.90 Å². The predicted molar refractivity (Wildman–Crippen MR) is 74.1 cm³/mol. The molecule has 0 N–H and O–H groups in total. The van der Waals surface area contributed by atoms with Gasteiger partial charge < -0.3 is 4.74 Å². The van der Waals surface area contributed by atoms with E-state index in [0.29, 0.717) is 0 Å². The van der Waals surface area contributed by atoms with Gasteiger partial charge in [0.15, 0.2) is 6.23 Å². The van der Waals surface area contributed by atoms with Crippen molar-refractivity contribution >= 4 is 5.97 Å². The molecule has 0 radical (unpaired) electrons. The number of ether oxygens (including phenoxy) is 1. The van der Waals surface area contributed by atoms with Crippen LogP contribution in [0.1, 0.15) is 40.5 Å². The molecule has 0 aromatic carbocycles. The van der Waals surface area contributed by atoms with Crippen LogP contribution in [0.25, 0.3) is 0 Å². The molecule has 3 heteroatoms. The van der Waals surface area contributed by atoms with Crippen LogP contribution in [-0.2, 0) is 9.53 Å². The Hall–Kier alpha value is -1.09. The van der Waals surface area contributed by atoms with Gasteiger partial charge in [0.05, 0.1) is 5.92 Å². The van der Waals surface area contributed by atoms with Crippen LogP contribution in [0.4, 0.5) is 0 Å². The first-order valence-corrected chi connectivity index (χ1v) is 6.83. The third-order valence-corrected chi connectivity index (χ3v) is 3.22. The van der Waals surface area contributed by atoms with Crippen LogP contribution in [0.15, 0.2) is 23.8 Å². The zero-order valence-corrected chi connectivity index (χ0v) is 12.0. The highest BCUT2D eigenvalue weighted by Gasteiger charge is 2.27. The van der Waals surface area contributed by atoms with Gasteiger partial charge in [-0.25, -0.2) is 0 Å². The van der Waals surface area contributed by atoms with Crippen LogP contribution < -0.4 is 0 Å². The Morgan fingerprint density at radius 1 is 1.56 bits per heavy atom. The number of hydrogen-bond acceptors (Lipinski definition) is 3. The molecule has 0 amide bonds. The quantitative estimate of drug-likeness (QED) is 0.719. The summed E-state index contributed by atoms with van der Waals surface area (Å²) >= 11 is 0. The molecular weight excluding hydrogens is 226 g/mol. The Bertz CT molecular complexity index is 331. The summed E-state index contributed by atoms with van der Waals surface area (Å²) in [6.45, 7) is 9.75. The lowest BCUT2D eigenvalue weighted by Gasteiger charge is -2.35. The number of carbonyl (C=O) groups excluding carboxylic acids is 1. The minimum Gasteiger partial charge on any atom is -0.446 e. The Morgan fingerprint density at radius 2 is 2.28 bits per heavy atom. The fourth-order valence-electron chi connectivity index (χ4n) is 2.02. The van der Waals surface area contributed by atoms with E-state index in [9.17, 15) is 4.79 Å². The average Bonchev–Trinajstić information content (AvgIpc) is 2.36. The van der Waals surface area contributed by atoms with Gasteiger partial charge >= 0.3 is 5.97 Å². The van der Waals surface area contributed by atoms with Crippen molar-refractivity contribution in [3.63, 3.8) is 0 Å². The molecule has 0 spiro atoms. The topological polar surface area (TPSA) is 29.5 Å². The fourth-order valence-corrected chi connectivity index (χ4v) is 2.02. The van der Waals surface area contributed by atoms with E-state index in [0.717, 1.165) is 25.9 Å². The molecular formula is C15H25NO2. The lowest BCUT2D eigenvalue weighted by atomic mass is 10.0. The SMILES string of the molecule is C/C=C\C=C1\CCN(CC)C(OC(=O)C(C)C)C1. The van der Waals surface area contributed by atoms with Gasteiger partial charge in [0, 0.05) is 13.0 Å². The van der Waals surface area contributed by atoms with Crippen LogP contribution in [-0.4, -0.2) is 30.2 Å². The monoisotopic (exact) mass is 251 g/mol. The Morgan fingerprint density at radius 3 is 2.83 bits per heavy atom. The molecule has 102 valence electrons.